The van der Waals surface area contributed by atoms with Crippen LogP contribution in [0.15, 0.2) is 0 Å². The van der Waals surface area contributed by atoms with Crippen LogP contribution in [0.5, 0.6) is 0 Å². The molecule has 2 atom stereocenters. The van der Waals surface area contributed by atoms with E-state index in [0.717, 1.165) is 19.1 Å². The van der Waals surface area contributed by atoms with E-state index in [0.29, 0.717) is 11.3 Å². The number of rotatable bonds is 4. The minimum atomic E-state index is 0.559. The van der Waals surface area contributed by atoms with E-state index >= 15 is 0 Å². The average Bonchev–Trinajstić information content (AvgIpc) is 2.41. The maximum Gasteiger partial charge on any atom is 0.00724 e. The smallest absolute Gasteiger partial charge is 0.00724 e. The second kappa shape index (κ2) is 4.43. The number of nitrogens with one attached hydrogen (secondary N) is 1. The predicted octanol–water partition coefficient (Wildman–Crippen LogP) is 1.75. The maximum atomic E-state index is 5.57. The molecule has 3 N–H and O–H groups in total. The van der Waals surface area contributed by atoms with Gasteiger partial charge < -0.3 is 11.1 Å². The lowest BCUT2D eigenvalue weighted by molar-refractivity contribution is 0.358. The highest BCUT2D eigenvalue weighted by atomic mass is 14.9. The van der Waals surface area contributed by atoms with Gasteiger partial charge in [0.15, 0.2) is 0 Å². The minimum Gasteiger partial charge on any atom is -0.330 e. The van der Waals surface area contributed by atoms with E-state index in [-0.39, 0.29) is 0 Å². The Balaban J connectivity index is 2.17. The third-order valence-corrected chi connectivity index (χ3v) is 3.13. The van der Waals surface area contributed by atoms with Gasteiger partial charge >= 0.3 is 0 Å². The largest absolute Gasteiger partial charge is 0.330 e. The van der Waals surface area contributed by atoms with Gasteiger partial charge in [0.25, 0.3) is 0 Å². The van der Waals surface area contributed by atoms with Crippen LogP contribution in [0, 0.1) is 11.3 Å². The molecule has 1 rings (SSSR count). The highest BCUT2D eigenvalue weighted by Gasteiger charge is 2.30. The van der Waals surface area contributed by atoms with Gasteiger partial charge in [0.2, 0.25) is 0 Å². The molecule has 2 nitrogen and oxygen atoms in total. The van der Waals surface area contributed by atoms with Crippen molar-refractivity contribution in [2.24, 2.45) is 17.1 Å². The molecule has 78 valence electrons. The summed E-state index contributed by atoms with van der Waals surface area (Å²) in [7, 11) is 0. The molecule has 0 aliphatic heterocycles. The molecular formula is C11H24N2. The second-order valence-corrected chi connectivity index (χ2v) is 5.35. The molecule has 0 spiro atoms. The van der Waals surface area contributed by atoms with Crippen molar-refractivity contribution in [1.82, 2.24) is 5.32 Å². The van der Waals surface area contributed by atoms with E-state index in [2.05, 4.69) is 26.1 Å². The van der Waals surface area contributed by atoms with Gasteiger partial charge in [-0.05, 0) is 43.7 Å². The van der Waals surface area contributed by atoms with Crippen molar-refractivity contribution < 1.29 is 0 Å². The van der Waals surface area contributed by atoms with Crippen LogP contribution in [0.25, 0.3) is 0 Å². The van der Waals surface area contributed by atoms with E-state index < -0.39 is 0 Å². The van der Waals surface area contributed by atoms with Crippen molar-refractivity contribution in [2.45, 2.75) is 46.1 Å². The van der Waals surface area contributed by atoms with Gasteiger partial charge in [-0.3, -0.25) is 0 Å². The Morgan fingerprint density at radius 1 is 1.54 bits per heavy atom. The lowest BCUT2D eigenvalue weighted by Gasteiger charge is -2.19. The van der Waals surface area contributed by atoms with Crippen LogP contribution < -0.4 is 11.1 Å². The number of hydrogen-bond acceptors (Lipinski definition) is 2. The molecule has 0 aromatic heterocycles. The third-order valence-electron chi connectivity index (χ3n) is 3.13. The standard InChI is InChI=1S/C11H24N2/c1-9(7-12)8-13-10-4-5-11(2,3)6-10/h9-10,13H,4-8,12H2,1-3H3. The van der Waals surface area contributed by atoms with Gasteiger partial charge in [-0.25, -0.2) is 0 Å². The minimum absolute atomic E-state index is 0.559. The summed E-state index contributed by atoms with van der Waals surface area (Å²) in [5.41, 5.74) is 6.13. The van der Waals surface area contributed by atoms with Crippen LogP contribution in [0.3, 0.4) is 0 Å². The van der Waals surface area contributed by atoms with Gasteiger partial charge in [0, 0.05) is 6.04 Å². The van der Waals surface area contributed by atoms with Gasteiger partial charge in [-0.15, -0.1) is 0 Å². The number of nitrogens with two attached hydrogens (primary N) is 1. The van der Waals surface area contributed by atoms with E-state index in [4.69, 9.17) is 5.73 Å². The highest BCUT2D eigenvalue weighted by molar-refractivity contribution is 4.86. The van der Waals surface area contributed by atoms with Crippen LogP contribution in [0.2, 0.25) is 0 Å². The highest BCUT2D eigenvalue weighted by Crippen LogP contribution is 2.36. The fourth-order valence-electron chi connectivity index (χ4n) is 2.06. The van der Waals surface area contributed by atoms with Crippen molar-refractivity contribution in [3.63, 3.8) is 0 Å². The van der Waals surface area contributed by atoms with Crippen molar-refractivity contribution in [3.8, 4) is 0 Å². The first-order chi connectivity index (χ1) is 6.03. The molecule has 0 amide bonds. The Hall–Kier alpha value is -0.0800. The first-order valence-corrected chi connectivity index (χ1v) is 5.47. The number of hydrogen-bond donors (Lipinski definition) is 2. The summed E-state index contributed by atoms with van der Waals surface area (Å²) in [6.07, 6.45) is 4.02. The topological polar surface area (TPSA) is 38.0 Å². The molecule has 0 bridgehead atoms. The van der Waals surface area contributed by atoms with Gasteiger partial charge in [0.1, 0.15) is 0 Å². The van der Waals surface area contributed by atoms with Crippen molar-refractivity contribution in [2.75, 3.05) is 13.1 Å². The zero-order valence-corrected chi connectivity index (χ0v) is 9.27. The monoisotopic (exact) mass is 184 g/mol. The molecule has 1 saturated carbocycles. The Morgan fingerprint density at radius 2 is 2.23 bits per heavy atom. The Bertz CT molecular complexity index is 154. The van der Waals surface area contributed by atoms with Crippen molar-refractivity contribution >= 4 is 0 Å². The molecule has 0 heterocycles. The van der Waals surface area contributed by atoms with E-state index in [9.17, 15) is 0 Å². The fraction of sp³-hybridized carbons (Fsp3) is 1.00. The summed E-state index contributed by atoms with van der Waals surface area (Å²) < 4.78 is 0. The van der Waals surface area contributed by atoms with Crippen LogP contribution in [-0.4, -0.2) is 19.1 Å². The molecule has 0 aromatic rings. The predicted molar refractivity (Wildman–Crippen MR) is 57.6 cm³/mol. The maximum absolute atomic E-state index is 5.57. The van der Waals surface area contributed by atoms with Crippen molar-refractivity contribution in [1.29, 1.82) is 0 Å². The molecule has 0 aromatic carbocycles. The Kier molecular flexibility index (Phi) is 3.74. The average molecular weight is 184 g/mol. The summed E-state index contributed by atoms with van der Waals surface area (Å²) in [6.45, 7) is 8.80. The van der Waals surface area contributed by atoms with Gasteiger partial charge in [0.05, 0.1) is 0 Å². The molecule has 2 unspecified atom stereocenters. The van der Waals surface area contributed by atoms with E-state index in [1.165, 1.54) is 19.3 Å². The fourth-order valence-corrected chi connectivity index (χ4v) is 2.06. The lowest BCUT2D eigenvalue weighted by Crippen LogP contribution is -2.33. The summed E-state index contributed by atoms with van der Waals surface area (Å²) in [4.78, 5) is 0. The molecule has 1 aliphatic carbocycles. The van der Waals surface area contributed by atoms with E-state index in [1.54, 1.807) is 0 Å². The molecule has 13 heavy (non-hydrogen) atoms. The third kappa shape index (κ3) is 3.65. The summed E-state index contributed by atoms with van der Waals surface area (Å²) in [5, 5.41) is 3.61. The first-order valence-electron chi connectivity index (χ1n) is 5.47. The van der Waals surface area contributed by atoms with Crippen LogP contribution in [0.1, 0.15) is 40.0 Å². The zero-order valence-electron chi connectivity index (χ0n) is 9.27. The molecule has 2 heteroatoms. The van der Waals surface area contributed by atoms with Crippen LogP contribution in [-0.2, 0) is 0 Å². The SMILES string of the molecule is CC(CN)CNC1CCC(C)(C)C1. The first kappa shape index (κ1) is 11.0. The molecule has 0 saturated heterocycles. The lowest BCUT2D eigenvalue weighted by atomic mass is 9.92. The zero-order chi connectivity index (χ0) is 9.90. The summed E-state index contributed by atoms with van der Waals surface area (Å²) >= 11 is 0. The Morgan fingerprint density at radius 3 is 2.69 bits per heavy atom. The van der Waals surface area contributed by atoms with E-state index in [1.807, 2.05) is 0 Å². The molecular weight excluding hydrogens is 160 g/mol. The van der Waals surface area contributed by atoms with Crippen LogP contribution in [0.4, 0.5) is 0 Å². The molecule has 1 fully saturated rings. The van der Waals surface area contributed by atoms with Crippen molar-refractivity contribution in [3.05, 3.63) is 0 Å². The normalized spacial score (nSPS) is 29.1. The Labute approximate surface area is 82.3 Å². The molecule has 0 radical (unpaired) electrons. The van der Waals surface area contributed by atoms with Gasteiger partial charge in [-0.1, -0.05) is 20.8 Å². The molecule has 1 aliphatic rings. The van der Waals surface area contributed by atoms with Crippen LogP contribution >= 0.6 is 0 Å². The quantitative estimate of drug-likeness (QED) is 0.698. The second-order valence-electron chi connectivity index (χ2n) is 5.35. The van der Waals surface area contributed by atoms with Gasteiger partial charge in [-0.2, -0.15) is 0 Å². The summed E-state index contributed by atoms with van der Waals surface area (Å²) in [5.74, 6) is 0.615. The summed E-state index contributed by atoms with van der Waals surface area (Å²) in [6, 6.07) is 0.740.